The van der Waals surface area contributed by atoms with Crippen LogP contribution in [-0.4, -0.2) is 120 Å². The Morgan fingerprint density at radius 3 is 2.03 bits per heavy atom. The summed E-state index contributed by atoms with van der Waals surface area (Å²) in [5.74, 6) is -0.819. The maximum Gasteiger partial charge on any atom is 0.333 e. The molecule has 0 radical (unpaired) electrons. The summed E-state index contributed by atoms with van der Waals surface area (Å²) >= 11 is 0. The third-order valence-corrected chi connectivity index (χ3v) is 4.89. The summed E-state index contributed by atoms with van der Waals surface area (Å²) in [5.41, 5.74) is 0.0681. The van der Waals surface area contributed by atoms with Gasteiger partial charge in [0, 0.05) is 19.8 Å². The van der Waals surface area contributed by atoms with Crippen LogP contribution in [0.1, 0.15) is 6.92 Å². The van der Waals surface area contributed by atoms with Crippen LogP contribution in [-0.2, 0) is 33.2 Å². The Bertz CT molecular complexity index is 584. The largest absolute Gasteiger partial charge is 0.453 e. The number of hydrogen-bond acceptors (Lipinski definition) is 12. The van der Waals surface area contributed by atoms with Crippen LogP contribution >= 0.6 is 0 Å². The third kappa shape index (κ3) is 5.53. The minimum absolute atomic E-state index is 0.0681. The first-order chi connectivity index (χ1) is 14.1. The molecule has 4 unspecified atom stereocenters. The maximum atomic E-state index is 11.9. The van der Waals surface area contributed by atoms with Gasteiger partial charge in [-0.15, -0.1) is 0 Å². The van der Waals surface area contributed by atoms with Crippen molar-refractivity contribution in [3.63, 3.8) is 0 Å². The van der Waals surface area contributed by atoms with Gasteiger partial charge in [0.1, 0.15) is 42.7 Å². The Hall–Kier alpha value is -1.19. The van der Waals surface area contributed by atoms with Crippen molar-refractivity contribution in [2.75, 3.05) is 27.4 Å². The van der Waals surface area contributed by atoms with Gasteiger partial charge in [0.25, 0.3) is 0 Å². The van der Waals surface area contributed by atoms with Crippen molar-refractivity contribution in [2.45, 2.75) is 68.3 Å². The zero-order valence-corrected chi connectivity index (χ0v) is 17.0. The van der Waals surface area contributed by atoms with Crippen LogP contribution in [0.25, 0.3) is 0 Å². The van der Waals surface area contributed by atoms with E-state index in [9.17, 15) is 30.3 Å². The van der Waals surface area contributed by atoms with Gasteiger partial charge in [-0.2, -0.15) is 0 Å². The summed E-state index contributed by atoms with van der Waals surface area (Å²) in [6.07, 6.45) is -13.7. The molecule has 2 rings (SSSR count). The highest BCUT2D eigenvalue weighted by molar-refractivity contribution is 5.87. The topological polar surface area (TPSA) is 174 Å². The summed E-state index contributed by atoms with van der Waals surface area (Å²) in [7, 11) is 2.62. The highest BCUT2D eigenvalue weighted by Gasteiger charge is 2.49. The fraction of sp³-hybridized carbons (Fsp3) is 0.833. The molecule has 0 saturated carbocycles. The predicted molar refractivity (Wildman–Crippen MR) is 96.9 cm³/mol. The molecular weight excluding hydrogens is 408 g/mol. The number of esters is 1. The molecule has 0 aromatic heterocycles. The summed E-state index contributed by atoms with van der Waals surface area (Å²) in [5, 5.41) is 50.8. The Morgan fingerprint density at radius 1 is 0.867 bits per heavy atom. The Kier molecular flexibility index (Phi) is 9.12. The third-order valence-electron chi connectivity index (χ3n) is 4.89. The van der Waals surface area contributed by atoms with Crippen LogP contribution in [0.5, 0.6) is 0 Å². The Balaban J connectivity index is 2.09. The molecular formula is C18H30O12. The lowest BCUT2D eigenvalue weighted by molar-refractivity contribution is -0.329. The molecule has 2 saturated heterocycles. The molecule has 0 amide bonds. The van der Waals surface area contributed by atoms with E-state index in [1.54, 1.807) is 0 Å². The molecule has 10 atom stereocenters. The molecule has 0 aromatic rings. The number of carbonyl (C=O) groups excluding carboxylic acids is 1. The van der Waals surface area contributed by atoms with Crippen LogP contribution in [0.3, 0.4) is 0 Å². The molecule has 12 heteroatoms. The average molecular weight is 438 g/mol. The van der Waals surface area contributed by atoms with E-state index in [2.05, 4.69) is 6.58 Å². The second-order valence-electron chi connectivity index (χ2n) is 7.21. The van der Waals surface area contributed by atoms with E-state index in [0.717, 1.165) is 0 Å². The minimum Gasteiger partial charge on any atom is -0.453 e. The van der Waals surface area contributed by atoms with Crippen LogP contribution < -0.4 is 0 Å². The van der Waals surface area contributed by atoms with Crippen molar-refractivity contribution >= 4 is 5.97 Å². The first kappa shape index (κ1) is 25.1. The van der Waals surface area contributed by atoms with Gasteiger partial charge < -0.3 is 54.0 Å². The van der Waals surface area contributed by atoms with E-state index < -0.39 is 67.4 Å². The highest BCUT2D eigenvalue weighted by atomic mass is 16.7. The standard InChI is InChI=1S/C18H30O12/c1-7(2)16(24)30-15-11(20)8(5-25-3)29-18(14(15)23)27-6-9-10(19)12(21)13(22)17(26-4)28-9/h8-15,17-23H,1,5-6H2,2-4H3/t8?,9?,10-,11-,12+,13?,14?,15+,17+,18+/m1/s1. The van der Waals surface area contributed by atoms with Crippen molar-refractivity contribution in [2.24, 2.45) is 0 Å². The van der Waals surface area contributed by atoms with Crippen molar-refractivity contribution in [3.05, 3.63) is 12.2 Å². The number of hydrogen-bond donors (Lipinski definition) is 5. The molecule has 2 aliphatic rings. The lowest BCUT2D eigenvalue weighted by Gasteiger charge is -2.43. The molecule has 30 heavy (non-hydrogen) atoms. The minimum atomic E-state index is -1.59. The van der Waals surface area contributed by atoms with E-state index in [0.29, 0.717) is 0 Å². The molecule has 174 valence electrons. The smallest absolute Gasteiger partial charge is 0.333 e. The van der Waals surface area contributed by atoms with Gasteiger partial charge in [-0.25, -0.2) is 4.79 Å². The zero-order chi connectivity index (χ0) is 22.6. The van der Waals surface area contributed by atoms with Gasteiger partial charge in [0.15, 0.2) is 18.7 Å². The first-order valence-corrected chi connectivity index (χ1v) is 9.33. The quantitative estimate of drug-likeness (QED) is 0.193. The van der Waals surface area contributed by atoms with Gasteiger partial charge in [-0.05, 0) is 6.92 Å². The highest BCUT2D eigenvalue weighted by Crippen LogP contribution is 2.27. The molecule has 0 aromatic carbocycles. The molecule has 0 aliphatic carbocycles. The fourth-order valence-electron chi connectivity index (χ4n) is 3.14. The van der Waals surface area contributed by atoms with Crippen molar-refractivity contribution < 1.29 is 58.7 Å². The van der Waals surface area contributed by atoms with E-state index in [4.69, 9.17) is 28.4 Å². The van der Waals surface area contributed by atoms with E-state index in [1.165, 1.54) is 21.1 Å². The number of ether oxygens (including phenoxy) is 6. The van der Waals surface area contributed by atoms with Gasteiger partial charge >= 0.3 is 5.97 Å². The molecule has 5 N–H and O–H groups in total. The van der Waals surface area contributed by atoms with Gasteiger partial charge in [-0.3, -0.25) is 0 Å². The normalized spacial score (nSPS) is 42.0. The number of aliphatic hydroxyl groups excluding tert-OH is 5. The Morgan fingerprint density at radius 2 is 1.47 bits per heavy atom. The van der Waals surface area contributed by atoms with Crippen molar-refractivity contribution in [1.29, 1.82) is 0 Å². The van der Waals surface area contributed by atoms with E-state index in [1.807, 2.05) is 0 Å². The number of carbonyl (C=O) groups is 1. The van der Waals surface area contributed by atoms with E-state index in [-0.39, 0.29) is 18.8 Å². The molecule has 0 spiro atoms. The monoisotopic (exact) mass is 438 g/mol. The van der Waals surface area contributed by atoms with Crippen LogP contribution in [0, 0.1) is 0 Å². The summed E-state index contributed by atoms with van der Waals surface area (Å²) in [4.78, 5) is 11.9. The lowest BCUT2D eigenvalue weighted by atomic mass is 9.98. The second kappa shape index (κ2) is 10.9. The van der Waals surface area contributed by atoms with Crippen LogP contribution in [0.2, 0.25) is 0 Å². The van der Waals surface area contributed by atoms with Crippen LogP contribution in [0.4, 0.5) is 0 Å². The summed E-state index contributed by atoms with van der Waals surface area (Å²) < 4.78 is 31.4. The molecule has 2 heterocycles. The molecule has 2 aliphatic heterocycles. The predicted octanol–water partition coefficient (Wildman–Crippen LogP) is -2.96. The van der Waals surface area contributed by atoms with Gasteiger partial charge in [-0.1, -0.05) is 6.58 Å². The van der Waals surface area contributed by atoms with Gasteiger partial charge in [0.05, 0.1) is 13.2 Å². The fourth-order valence-corrected chi connectivity index (χ4v) is 3.14. The number of rotatable bonds is 8. The maximum absolute atomic E-state index is 11.9. The Labute approximate surface area is 173 Å². The average Bonchev–Trinajstić information content (AvgIpc) is 2.71. The van der Waals surface area contributed by atoms with E-state index >= 15 is 0 Å². The molecule has 12 nitrogen and oxygen atoms in total. The molecule has 2 fully saturated rings. The van der Waals surface area contributed by atoms with Crippen LogP contribution in [0.15, 0.2) is 12.2 Å². The summed E-state index contributed by atoms with van der Waals surface area (Å²) in [6.45, 7) is 4.39. The second-order valence-corrected chi connectivity index (χ2v) is 7.21. The van der Waals surface area contributed by atoms with Gasteiger partial charge in [0.2, 0.25) is 0 Å². The first-order valence-electron chi connectivity index (χ1n) is 9.33. The van der Waals surface area contributed by atoms with Crippen molar-refractivity contribution in [3.8, 4) is 0 Å². The number of methoxy groups -OCH3 is 2. The summed E-state index contributed by atoms with van der Waals surface area (Å²) in [6, 6.07) is 0. The van der Waals surface area contributed by atoms with Crippen molar-refractivity contribution in [1.82, 2.24) is 0 Å². The lowest BCUT2D eigenvalue weighted by Crippen LogP contribution is -2.62. The SMILES string of the molecule is C=C(C)C(=O)O[C@@H]1C(O)[C@@H](OCC2O[C@H](OC)C(O)[C@@H](O)[C@@H]2O)OC(COC)[C@H]1O. The number of aliphatic hydroxyl groups is 5. The zero-order valence-electron chi connectivity index (χ0n) is 17.0. The molecule has 0 bridgehead atoms.